The van der Waals surface area contributed by atoms with Crippen molar-refractivity contribution in [2.75, 3.05) is 14.2 Å². The highest BCUT2D eigenvalue weighted by molar-refractivity contribution is 5.49. The molecule has 0 aliphatic heterocycles. The van der Waals surface area contributed by atoms with E-state index in [1.807, 2.05) is 0 Å². The highest BCUT2D eigenvalue weighted by Gasteiger charge is 2.18. The molecule has 4 heteroatoms. The number of hydrogen-bond donors (Lipinski definition) is 0. The van der Waals surface area contributed by atoms with E-state index in [4.69, 9.17) is 9.47 Å². The second kappa shape index (κ2) is 4.65. The molecule has 0 bridgehead atoms. The van der Waals surface area contributed by atoms with Crippen LogP contribution in [0, 0.1) is 23.5 Å². The zero-order chi connectivity index (χ0) is 11.4. The summed E-state index contributed by atoms with van der Waals surface area (Å²) >= 11 is 0. The number of hydrogen-bond acceptors (Lipinski definition) is 2. The number of halogens is 2. The van der Waals surface area contributed by atoms with Crippen LogP contribution in [-0.2, 0) is 0 Å². The molecule has 2 nitrogen and oxygen atoms in total. The average Bonchev–Trinajstić information content (AvgIpc) is 2.25. The maximum absolute atomic E-state index is 13.5. The Kier molecular flexibility index (Phi) is 3.51. The Morgan fingerprint density at radius 3 is 1.87 bits per heavy atom. The minimum absolute atomic E-state index is 0.0917. The fraction of sp³-hybridized carbons (Fsp3) is 0.273. The van der Waals surface area contributed by atoms with Gasteiger partial charge in [0.05, 0.1) is 14.2 Å². The van der Waals surface area contributed by atoms with Crippen LogP contribution in [0.15, 0.2) is 6.07 Å². The monoisotopic (exact) mass is 212 g/mol. The van der Waals surface area contributed by atoms with Crippen molar-refractivity contribution in [3.63, 3.8) is 0 Å². The quantitative estimate of drug-likeness (QED) is 0.700. The predicted octanol–water partition coefficient (Wildman–Crippen LogP) is 2.35. The number of benzene rings is 1. The lowest BCUT2D eigenvalue weighted by atomic mass is 10.1. The summed E-state index contributed by atoms with van der Waals surface area (Å²) in [5.41, 5.74) is -0.339. The minimum atomic E-state index is -0.815. The summed E-state index contributed by atoms with van der Waals surface area (Å²) in [5.74, 6) is 2.95. The van der Waals surface area contributed by atoms with Crippen molar-refractivity contribution in [2.24, 2.45) is 0 Å². The van der Waals surface area contributed by atoms with Crippen molar-refractivity contribution in [1.29, 1.82) is 0 Å². The first-order chi connectivity index (χ1) is 7.15. The summed E-state index contributed by atoms with van der Waals surface area (Å²) in [4.78, 5) is 0. The second-order valence-corrected chi connectivity index (χ2v) is 2.66. The maximum atomic E-state index is 13.5. The Balaban J connectivity index is 3.50. The molecule has 15 heavy (non-hydrogen) atoms. The Morgan fingerprint density at radius 2 is 1.53 bits per heavy atom. The molecule has 0 saturated heterocycles. The summed E-state index contributed by atoms with van der Waals surface area (Å²) in [6.07, 6.45) is 0. The third kappa shape index (κ3) is 2.01. The molecule has 0 aromatic heterocycles. The van der Waals surface area contributed by atoms with Gasteiger partial charge in [-0.25, -0.2) is 8.78 Å². The van der Waals surface area contributed by atoms with E-state index in [9.17, 15) is 8.78 Å². The van der Waals surface area contributed by atoms with E-state index in [2.05, 4.69) is 11.8 Å². The van der Waals surface area contributed by atoms with Crippen molar-refractivity contribution >= 4 is 0 Å². The van der Waals surface area contributed by atoms with Crippen molar-refractivity contribution < 1.29 is 18.3 Å². The van der Waals surface area contributed by atoms with Gasteiger partial charge in [0.1, 0.15) is 5.56 Å². The first-order valence-electron chi connectivity index (χ1n) is 4.18. The molecule has 0 saturated carbocycles. The van der Waals surface area contributed by atoms with Gasteiger partial charge in [-0.15, -0.1) is 5.92 Å². The predicted molar refractivity (Wildman–Crippen MR) is 52.0 cm³/mol. The van der Waals surface area contributed by atoms with Gasteiger partial charge in [0.2, 0.25) is 0 Å². The van der Waals surface area contributed by atoms with Crippen LogP contribution in [0.4, 0.5) is 8.78 Å². The van der Waals surface area contributed by atoms with E-state index in [0.29, 0.717) is 0 Å². The number of rotatable bonds is 2. The zero-order valence-corrected chi connectivity index (χ0v) is 8.65. The molecule has 0 aliphatic rings. The van der Waals surface area contributed by atoms with Gasteiger partial charge in [0, 0.05) is 6.07 Å². The first-order valence-corrected chi connectivity index (χ1v) is 4.18. The van der Waals surface area contributed by atoms with Crippen LogP contribution in [-0.4, -0.2) is 14.2 Å². The van der Waals surface area contributed by atoms with Crippen molar-refractivity contribution in [3.8, 4) is 23.3 Å². The lowest BCUT2D eigenvalue weighted by Gasteiger charge is -2.08. The fourth-order valence-electron chi connectivity index (χ4n) is 1.12. The molecule has 0 spiro atoms. The molecule has 0 aliphatic carbocycles. The van der Waals surface area contributed by atoms with Gasteiger partial charge in [-0.2, -0.15) is 0 Å². The highest BCUT2D eigenvalue weighted by Crippen LogP contribution is 2.30. The van der Waals surface area contributed by atoms with Crippen molar-refractivity contribution in [3.05, 3.63) is 23.3 Å². The molecule has 0 radical (unpaired) electrons. The van der Waals surface area contributed by atoms with Gasteiger partial charge in [0.25, 0.3) is 0 Å². The van der Waals surface area contributed by atoms with E-state index in [1.54, 1.807) is 0 Å². The van der Waals surface area contributed by atoms with Crippen LogP contribution in [0.25, 0.3) is 0 Å². The standard InChI is InChI=1S/C11H10F2O2/c1-4-5-7-10(12)8(14-2)6-9(15-3)11(7)13/h6H,1-3H3. The highest BCUT2D eigenvalue weighted by atomic mass is 19.1. The topological polar surface area (TPSA) is 18.5 Å². The minimum Gasteiger partial charge on any atom is -0.493 e. The summed E-state index contributed by atoms with van der Waals surface area (Å²) < 4.78 is 36.5. The molecule has 0 heterocycles. The Labute approximate surface area is 86.8 Å². The van der Waals surface area contributed by atoms with E-state index in [-0.39, 0.29) is 17.1 Å². The largest absolute Gasteiger partial charge is 0.493 e. The second-order valence-electron chi connectivity index (χ2n) is 2.66. The molecule has 1 rings (SSSR count). The van der Waals surface area contributed by atoms with Gasteiger partial charge in [-0.1, -0.05) is 5.92 Å². The Hall–Kier alpha value is -1.76. The van der Waals surface area contributed by atoms with E-state index in [1.165, 1.54) is 21.1 Å². The van der Waals surface area contributed by atoms with Gasteiger partial charge in [0.15, 0.2) is 23.1 Å². The van der Waals surface area contributed by atoms with E-state index >= 15 is 0 Å². The molecule has 0 amide bonds. The number of methoxy groups -OCH3 is 2. The molecular formula is C11H10F2O2. The summed E-state index contributed by atoms with van der Waals surface area (Å²) in [6.45, 7) is 1.49. The summed E-state index contributed by atoms with van der Waals surface area (Å²) in [7, 11) is 2.58. The molecule has 0 unspecified atom stereocenters. The van der Waals surface area contributed by atoms with Crippen LogP contribution >= 0.6 is 0 Å². The van der Waals surface area contributed by atoms with Gasteiger partial charge in [-0.05, 0) is 6.92 Å². The Bertz CT molecular complexity index is 402. The smallest absolute Gasteiger partial charge is 0.183 e. The van der Waals surface area contributed by atoms with Crippen LogP contribution in [0.3, 0.4) is 0 Å². The maximum Gasteiger partial charge on any atom is 0.183 e. The fourth-order valence-corrected chi connectivity index (χ4v) is 1.12. The molecule has 0 fully saturated rings. The van der Waals surface area contributed by atoms with Gasteiger partial charge < -0.3 is 9.47 Å². The average molecular weight is 212 g/mol. The van der Waals surface area contributed by atoms with Crippen LogP contribution in [0.1, 0.15) is 12.5 Å². The molecule has 1 aromatic carbocycles. The van der Waals surface area contributed by atoms with Crippen LogP contribution < -0.4 is 9.47 Å². The molecular weight excluding hydrogens is 202 g/mol. The molecule has 1 aromatic rings. The van der Waals surface area contributed by atoms with E-state index < -0.39 is 11.6 Å². The Morgan fingerprint density at radius 1 is 1.07 bits per heavy atom. The molecule has 0 N–H and O–H groups in total. The summed E-state index contributed by atoms with van der Waals surface area (Å²) in [5, 5.41) is 0. The zero-order valence-electron chi connectivity index (χ0n) is 8.65. The van der Waals surface area contributed by atoms with Crippen LogP contribution in [0.2, 0.25) is 0 Å². The third-order valence-electron chi connectivity index (χ3n) is 1.82. The van der Waals surface area contributed by atoms with Crippen molar-refractivity contribution in [1.82, 2.24) is 0 Å². The number of ether oxygens (including phenoxy) is 2. The molecule has 80 valence electrons. The van der Waals surface area contributed by atoms with Crippen LogP contribution in [0.5, 0.6) is 11.5 Å². The third-order valence-corrected chi connectivity index (χ3v) is 1.82. The van der Waals surface area contributed by atoms with Crippen molar-refractivity contribution in [2.45, 2.75) is 6.92 Å². The lowest BCUT2D eigenvalue weighted by Crippen LogP contribution is -1.99. The normalized spacial score (nSPS) is 9.13. The SMILES string of the molecule is CC#Cc1c(F)c(OC)cc(OC)c1F. The summed E-state index contributed by atoms with van der Waals surface area (Å²) in [6, 6.07) is 1.14. The van der Waals surface area contributed by atoms with Gasteiger partial charge >= 0.3 is 0 Å². The lowest BCUT2D eigenvalue weighted by molar-refractivity contribution is 0.357. The first kappa shape index (κ1) is 11.3. The van der Waals surface area contributed by atoms with E-state index in [0.717, 1.165) is 6.07 Å². The van der Waals surface area contributed by atoms with Gasteiger partial charge in [-0.3, -0.25) is 0 Å². The molecule has 0 atom stereocenters.